The van der Waals surface area contributed by atoms with E-state index >= 15 is 0 Å². The van der Waals surface area contributed by atoms with Crippen molar-refractivity contribution in [1.82, 2.24) is 9.80 Å². The van der Waals surface area contributed by atoms with Crippen LogP contribution in [0.15, 0.2) is 35.2 Å². The first kappa shape index (κ1) is 16.8. The lowest BCUT2D eigenvalue weighted by atomic mass is 9.99. The van der Waals surface area contributed by atoms with E-state index in [9.17, 15) is 14.4 Å². The molecule has 0 aliphatic carbocycles. The first-order valence-corrected chi connectivity index (χ1v) is 8.94. The molecule has 2 heterocycles. The molecule has 0 radical (unpaired) electrons. The number of piperidine rings is 1. The molecule has 2 aliphatic rings. The molecule has 3 amide bonds. The minimum atomic E-state index is -0.382. The van der Waals surface area contributed by atoms with E-state index in [1.807, 2.05) is 30.3 Å². The van der Waals surface area contributed by atoms with Crippen LogP contribution >= 0.6 is 11.8 Å². The van der Waals surface area contributed by atoms with Crippen LogP contribution in [0.5, 0.6) is 0 Å². The van der Waals surface area contributed by atoms with E-state index in [1.54, 1.807) is 11.0 Å². The van der Waals surface area contributed by atoms with Gasteiger partial charge in [0.2, 0.25) is 5.91 Å². The summed E-state index contributed by atoms with van der Waals surface area (Å²) < 4.78 is 0. The van der Waals surface area contributed by atoms with E-state index in [1.165, 1.54) is 0 Å². The standard InChI is InChI=1S/C18H20N2O3S/c1-13-7-9-19(10-8-13)16(21)12-20-17(22)15(24-18(20)23)11-14-5-3-2-4-6-14/h2-6,11,13H,7-10,12H2,1H3/b15-11-. The van der Waals surface area contributed by atoms with Crippen LogP contribution in [0.2, 0.25) is 0 Å². The van der Waals surface area contributed by atoms with E-state index in [0.717, 1.165) is 35.1 Å². The summed E-state index contributed by atoms with van der Waals surface area (Å²) >= 11 is 0.893. The molecule has 0 saturated carbocycles. The molecule has 0 atom stereocenters. The monoisotopic (exact) mass is 344 g/mol. The number of hydrogen-bond donors (Lipinski definition) is 0. The van der Waals surface area contributed by atoms with Crippen molar-refractivity contribution in [2.24, 2.45) is 5.92 Å². The highest BCUT2D eigenvalue weighted by molar-refractivity contribution is 8.18. The number of carbonyl (C=O) groups is 3. The van der Waals surface area contributed by atoms with Gasteiger partial charge in [-0.25, -0.2) is 0 Å². The van der Waals surface area contributed by atoms with Crippen molar-refractivity contribution in [3.63, 3.8) is 0 Å². The Hall–Kier alpha value is -2.08. The minimum Gasteiger partial charge on any atom is -0.341 e. The molecule has 0 unspecified atom stereocenters. The molecule has 0 aromatic heterocycles. The van der Waals surface area contributed by atoms with Crippen LogP contribution in [0.3, 0.4) is 0 Å². The van der Waals surface area contributed by atoms with E-state index in [-0.39, 0.29) is 23.6 Å². The molecule has 1 aromatic rings. The Labute approximate surface area is 145 Å². The first-order chi connectivity index (χ1) is 11.5. The fourth-order valence-corrected chi connectivity index (χ4v) is 3.67. The smallest absolute Gasteiger partial charge is 0.294 e. The molecule has 0 spiro atoms. The van der Waals surface area contributed by atoms with Crippen LogP contribution in [0, 0.1) is 5.92 Å². The normalized spacial score (nSPS) is 21.0. The Balaban J connectivity index is 1.66. The van der Waals surface area contributed by atoms with Crippen molar-refractivity contribution in [1.29, 1.82) is 0 Å². The summed E-state index contributed by atoms with van der Waals surface area (Å²) in [6, 6.07) is 9.37. The topological polar surface area (TPSA) is 57.7 Å². The number of thioether (sulfide) groups is 1. The molecule has 1 aromatic carbocycles. The molecule has 126 valence electrons. The molecule has 3 rings (SSSR count). The van der Waals surface area contributed by atoms with Gasteiger partial charge in [-0.15, -0.1) is 0 Å². The molecule has 24 heavy (non-hydrogen) atoms. The van der Waals surface area contributed by atoms with Gasteiger partial charge in [-0.3, -0.25) is 19.3 Å². The molecular formula is C18H20N2O3S. The summed E-state index contributed by atoms with van der Waals surface area (Å²) in [6.45, 7) is 3.42. The van der Waals surface area contributed by atoms with Gasteiger partial charge in [0.1, 0.15) is 6.54 Å². The summed E-state index contributed by atoms with van der Waals surface area (Å²) in [4.78, 5) is 40.1. The number of imide groups is 1. The van der Waals surface area contributed by atoms with Gasteiger partial charge >= 0.3 is 0 Å². The summed E-state index contributed by atoms with van der Waals surface area (Å²) in [5.74, 6) is 0.0952. The van der Waals surface area contributed by atoms with E-state index < -0.39 is 0 Å². The average Bonchev–Trinajstić information content (AvgIpc) is 2.84. The maximum atomic E-state index is 12.4. The second-order valence-electron chi connectivity index (χ2n) is 6.24. The number of rotatable bonds is 3. The van der Waals surface area contributed by atoms with Gasteiger partial charge < -0.3 is 4.90 Å². The lowest BCUT2D eigenvalue weighted by Crippen LogP contribution is -2.45. The molecule has 2 saturated heterocycles. The van der Waals surface area contributed by atoms with Crippen LogP contribution in [-0.2, 0) is 9.59 Å². The predicted octanol–water partition coefficient (Wildman–Crippen LogP) is 2.98. The predicted molar refractivity (Wildman–Crippen MR) is 94.1 cm³/mol. The number of carbonyl (C=O) groups excluding carboxylic acids is 3. The zero-order valence-electron chi connectivity index (χ0n) is 13.6. The average molecular weight is 344 g/mol. The van der Waals surface area contributed by atoms with Crippen molar-refractivity contribution in [3.05, 3.63) is 40.8 Å². The van der Waals surface area contributed by atoms with E-state index in [4.69, 9.17) is 0 Å². The summed E-state index contributed by atoms with van der Waals surface area (Å²) in [7, 11) is 0. The Kier molecular flexibility index (Phi) is 5.04. The third kappa shape index (κ3) is 3.70. The number of benzene rings is 1. The van der Waals surface area contributed by atoms with Crippen molar-refractivity contribution in [2.45, 2.75) is 19.8 Å². The van der Waals surface area contributed by atoms with Gasteiger partial charge in [0.25, 0.3) is 11.1 Å². The highest BCUT2D eigenvalue weighted by Gasteiger charge is 2.37. The molecule has 2 aliphatic heterocycles. The lowest BCUT2D eigenvalue weighted by Gasteiger charge is -2.31. The maximum Gasteiger partial charge on any atom is 0.294 e. The van der Waals surface area contributed by atoms with Gasteiger partial charge in [0.15, 0.2) is 0 Å². The van der Waals surface area contributed by atoms with Crippen LogP contribution in [0.4, 0.5) is 4.79 Å². The molecule has 5 nitrogen and oxygen atoms in total. The first-order valence-electron chi connectivity index (χ1n) is 8.13. The number of hydrogen-bond acceptors (Lipinski definition) is 4. The van der Waals surface area contributed by atoms with E-state index in [2.05, 4.69) is 6.92 Å². The molecule has 0 N–H and O–H groups in total. The fourth-order valence-electron chi connectivity index (χ4n) is 2.83. The molecule has 2 fully saturated rings. The Morgan fingerprint density at radius 2 is 1.88 bits per heavy atom. The lowest BCUT2D eigenvalue weighted by molar-refractivity contribution is -0.136. The zero-order valence-corrected chi connectivity index (χ0v) is 14.4. The van der Waals surface area contributed by atoms with Crippen LogP contribution in [-0.4, -0.2) is 46.5 Å². The second kappa shape index (κ2) is 7.21. The highest BCUT2D eigenvalue weighted by atomic mass is 32.2. The van der Waals surface area contributed by atoms with Crippen molar-refractivity contribution in [3.8, 4) is 0 Å². The van der Waals surface area contributed by atoms with Gasteiger partial charge in [0.05, 0.1) is 4.91 Å². The summed E-state index contributed by atoms with van der Waals surface area (Å²) in [5.41, 5.74) is 0.861. The van der Waals surface area contributed by atoms with E-state index in [0.29, 0.717) is 23.9 Å². The molecule has 6 heteroatoms. The Morgan fingerprint density at radius 3 is 2.54 bits per heavy atom. The largest absolute Gasteiger partial charge is 0.341 e. The summed E-state index contributed by atoms with van der Waals surface area (Å²) in [5, 5.41) is -0.374. The van der Waals surface area contributed by atoms with Gasteiger partial charge in [-0.05, 0) is 42.2 Å². The van der Waals surface area contributed by atoms with Crippen LogP contribution in [0.25, 0.3) is 6.08 Å². The Morgan fingerprint density at radius 1 is 1.21 bits per heavy atom. The van der Waals surface area contributed by atoms with Gasteiger partial charge in [-0.1, -0.05) is 37.3 Å². The number of likely N-dealkylation sites (tertiary alicyclic amines) is 1. The number of nitrogens with zero attached hydrogens (tertiary/aromatic N) is 2. The molecular weight excluding hydrogens is 324 g/mol. The van der Waals surface area contributed by atoms with Crippen molar-refractivity contribution >= 4 is 34.9 Å². The van der Waals surface area contributed by atoms with Gasteiger partial charge in [0, 0.05) is 13.1 Å². The second-order valence-corrected chi connectivity index (χ2v) is 7.24. The quantitative estimate of drug-likeness (QED) is 0.791. The third-order valence-electron chi connectivity index (χ3n) is 4.40. The highest BCUT2D eigenvalue weighted by Crippen LogP contribution is 2.32. The zero-order chi connectivity index (χ0) is 17.1. The van der Waals surface area contributed by atoms with Crippen LogP contribution < -0.4 is 0 Å². The SMILES string of the molecule is CC1CCN(C(=O)CN2C(=O)S/C(=C\c3ccccc3)C2=O)CC1. The maximum absolute atomic E-state index is 12.4. The van der Waals surface area contributed by atoms with Gasteiger partial charge in [-0.2, -0.15) is 0 Å². The molecule has 0 bridgehead atoms. The number of amides is 3. The van der Waals surface area contributed by atoms with Crippen LogP contribution in [0.1, 0.15) is 25.3 Å². The summed E-state index contributed by atoms with van der Waals surface area (Å²) in [6.07, 6.45) is 3.64. The third-order valence-corrected chi connectivity index (χ3v) is 5.31. The van der Waals surface area contributed by atoms with Crippen molar-refractivity contribution < 1.29 is 14.4 Å². The minimum absolute atomic E-state index is 0.148. The Bertz CT molecular complexity index is 679. The fraction of sp³-hybridized carbons (Fsp3) is 0.389. The van der Waals surface area contributed by atoms with Crippen molar-refractivity contribution in [2.75, 3.05) is 19.6 Å².